The van der Waals surface area contributed by atoms with Gasteiger partial charge in [-0.1, -0.05) is 39.5 Å². The average molecular weight is 333 g/mol. The molecule has 0 fully saturated rings. The summed E-state index contributed by atoms with van der Waals surface area (Å²) in [6.45, 7) is 8.17. The van der Waals surface area contributed by atoms with Gasteiger partial charge >= 0.3 is 0 Å². The summed E-state index contributed by atoms with van der Waals surface area (Å²) in [6, 6.07) is 2.24. The number of amides is 1. The van der Waals surface area contributed by atoms with Crippen LogP contribution in [0.4, 0.5) is 0 Å². The third-order valence-corrected chi connectivity index (χ3v) is 5.24. The van der Waals surface area contributed by atoms with Crippen molar-refractivity contribution in [2.24, 2.45) is 23.0 Å². The molecule has 5 nitrogen and oxygen atoms in total. The predicted molar refractivity (Wildman–Crippen MR) is 90.8 cm³/mol. The van der Waals surface area contributed by atoms with Crippen LogP contribution in [-0.4, -0.2) is 17.4 Å². The van der Waals surface area contributed by atoms with Crippen LogP contribution in [0.1, 0.15) is 40.5 Å². The molecule has 3 N–H and O–H groups in total. The highest BCUT2D eigenvalue weighted by Crippen LogP contribution is 2.46. The number of ketones is 1. The number of nitrogens with zero attached hydrogens (tertiary/aromatic N) is 1. The maximum atomic E-state index is 12.7. The van der Waals surface area contributed by atoms with E-state index >= 15 is 0 Å². The Morgan fingerprint density at radius 3 is 2.65 bits per heavy atom. The number of carbonyl (C=O) groups is 2. The van der Waals surface area contributed by atoms with Crippen molar-refractivity contribution in [2.75, 3.05) is 5.75 Å². The van der Waals surface area contributed by atoms with Gasteiger partial charge in [-0.05, 0) is 17.8 Å². The number of nitriles is 1. The van der Waals surface area contributed by atoms with Gasteiger partial charge in [0.15, 0.2) is 5.78 Å². The lowest BCUT2D eigenvalue weighted by molar-refractivity contribution is -0.119. The second-order valence-corrected chi connectivity index (χ2v) is 8.28. The molecule has 2 aliphatic rings. The Balaban J connectivity index is 2.48. The highest BCUT2D eigenvalue weighted by atomic mass is 32.2. The smallest absolute Gasteiger partial charge is 0.227 e. The van der Waals surface area contributed by atoms with E-state index < -0.39 is 5.91 Å². The van der Waals surface area contributed by atoms with Gasteiger partial charge in [0, 0.05) is 23.6 Å². The average Bonchev–Trinajstić information content (AvgIpc) is 2.41. The Morgan fingerprint density at radius 1 is 1.48 bits per heavy atom. The maximum absolute atomic E-state index is 12.7. The van der Waals surface area contributed by atoms with Crippen LogP contribution in [0, 0.1) is 28.6 Å². The van der Waals surface area contributed by atoms with Crippen LogP contribution in [0.25, 0.3) is 0 Å². The summed E-state index contributed by atoms with van der Waals surface area (Å²) in [5.41, 5.74) is 7.31. The number of primary amides is 1. The summed E-state index contributed by atoms with van der Waals surface area (Å²) in [6.07, 6.45) is 1.26. The normalized spacial score (nSPS) is 23.5. The van der Waals surface area contributed by atoms with E-state index in [9.17, 15) is 14.9 Å². The largest absolute Gasteiger partial charge is 0.369 e. The molecule has 1 heterocycles. The van der Waals surface area contributed by atoms with E-state index in [-0.39, 0.29) is 28.8 Å². The van der Waals surface area contributed by atoms with Crippen LogP contribution in [0.3, 0.4) is 0 Å². The number of allylic oxidation sites excluding steroid dienone is 3. The predicted octanol–water partition coefficient (Wildman–Crippen LogP) is 2.46. The zero-order chi connectivity index (χ0) is 17.4. The lowest BCUT2D eigenvalue weighted by Gasteiger charge is -2.40. The molecule has 0 aromatic rings. The Bertz CT molecular complexity index is 653. The van der Waals surface area contributed by atoms with Crippen LogP contribution in [-0.2, 0) is 9.59 Å². The van der Waals surface area contributed by atoms with Crippen molar-refractivity contribution < 1.29 is 9.59 Å². The minimum absolute atomic E-state index is 0.103. The van der Waals surface area contributed by atoms with Crippen molar-refractivity contribution >= 4 is 23.5 Å². The van der Waals surface area contributed by atoms with Crippen molar-refractivity contribution in [3.05, 3.63) is 21.9 Å². The molecular formula is C17H23N3O2S. The highest BCUT2D eigenvalue weighted by Gasteiger charge is 2.42. The summed E-state index contributed by atoms with van der Waals surface area (Å²) < 4.78 is 0. The molecule has 1 aliphatic carbocycles. The lowest BCUT2D eigenvalue weighted by atomic mass is 9.68. The first kappa shape index (κ1) is 17.6. The Labute approximate surface area is 141 Å². The number of nitrogens with two attached hydrogens (primary N) is 1. The van der Waals surface area contributed by atoms with Crippen molar-refractivity contribution in [3.63, 3.8) is 0 Å². The minimum Gasteiger partial charge on any atom is -0.369 e. The SMILES string of the molecule is CC(C)C1C(C#N)=C(SCC(N)=O)NC2=C1C(=O)CC(C)(C)C2. The third-order valence-electron chi connectivity index (χ3n) is 4.20. The quantitative estimate of drug-likeness (QED) is 0.824. The van der Waals surface area contributed by atoms with Gasteiger partial charge < -0.3 is 11.1 Å². The molecule has 0 radical (unpaired) electrons. The molecule has 1 atom stereocenters. The standard InChI is InChI=1S/C17H23N3O2S/c1-9(2)14-10(7-18)16(23-8-13(19)22)20-11-5-17(3,4)6-12(21)15(11)14/h9,14,20H,5-6,8H2,1-4H3,(H2,19,22). The topological polar surface area (TPSA) is 96.0 Å². The van der Waals surface area contributed by atoms with Gasteiger partial charge in [0.1, 0.15) is 0 Å². The molecular weight excluding hydrogens is 310 g/mol. The maximum Gasteiger partial charge on any atom is 0.227 e. The van der Waals surface area contributed by atoms with Crippen LogP contribution >= 0.6 is 11.8 Å². The monoisotopic (exact) mass is 333 g/mol. The van der Waals surface area contributed by atoms with Gasteiger partial charge in [0.2, 0.25) is 5.91 Å². The van der Waals surface area contributed by atoms with Gasteiger partial charge in [-0.25, -0.2) is 0 Å². The number of nitrogens with one attached hydrogen (secondary N) is 1. The fraction of sp³-hybridized carbons (Fsp3) is 0.588. The molecule has 1 amide bonds. The Morgan fingerprint density at radius 2 is 2.13 bits per heavy atom. The first-order valence-electron chi connectivity index (χ1n) is 7.75. The zero-order valence-electron chi connectivity index (χ0n) is 14.0. The number of rotatable bonds is 4. The fourth-order valence-corrected chi connectivity index (χ4v) is 4.15. The summed E-state index contributed by atoms with van der Waals surface area (Å²) in [4.78, 5) is 23.8. The molecule has 0 spiro atoms. The number of hydrogen-bond donors (Lipinski definition) is 2. The van der Waals surface area contributed by atoms with E-state index in [2.05, 4.69) is 25.2 Å². The fourth-order valence-electron chi connectivity index (χ4n) is 3.34. The number of carbonyl (C=O) groups excluding carboxylic acids is 2. The lowest BCUT2D eigenvalue weighted by Crippen LogP contribution is -2.39. The van der Waals surface area contributed by atoms with Crippen LogP contribution in [0.2, 0.25) is 0 Å². The molecule has 6 heteroatoms. The summed E-state index contributed by atoms with van der Waals surface area (Å²) >= 11 is 1.24. The minimum atomic E-state index is -0.428. The van der Waals surface area contributed by atoms with Gasteiger partial charge in [0.25, 0.3) is 0 Å². The van der Waals surface area contributed by atoms with Gasteiger partial charge in [-0.2, -0.15) is 5.26 Å². The second-order valence-electron chi connectivity index (χ2n) is 7.29. The van der Waals surface area contributed by atoms with Crippen molar-refractivity contribution in [2.45, 2.75) is 40.5 Å². The summed E-state index contributed by atoms with van der Waals surface area (Å²) in [5, 5.41) is 13.5. The molecule has 0 saturated heterocycles. The molecule has 0 aromatic carbocycles. The number of hydrogen-bond acceptors (Lipinski definition) is 5. The van der Waals surface area contributed by atoms with E-state index in [0.29, 0.717) is 17.0 Å². The molecule has 23 heavy (non-hydrogen) atoms. The van der Waals surface area contributed by atoms with Crippen molar-refractivity contribution in [1.29, 1.82) is 5.26 Å². The summed E-state index contributed by atoms with van der Waals surface area (Å²) in [7, 11) is 0. The number of dihydropyridines is 1. The summed E-state index contributed by atoms with van der Waals surface area (Å²) in [5.74, 6) is -0.281. The molecule has 0 bridgehead atoms. The Kier molecular flexibility index (Phi) is 4.90. The van der Waals surface area contributed by atoms with E-state index in [0.717, 1.165) is 17.7 Å². The van der Waals surface area contributed by atoms with E-state index in [4.69, 9.17) is 5.73 Å². The Hall–Kier alpha value is -1.74. The highest BCUT2D eigenvalue weighted by molar-refractivity contribution is 8.03. The number of thioether (sulfide) groups is 1. The molecule has 2 rings (SSSR count). The van der Waals surface area contributed by atoms with Crippen LogP contribution in [0.5, 0.6) is 0 Å². The van der Waals surface area contributed by atoms with Gasteiger partial charge in [0.05, 0.1) is 22.4 Å². The van der Waals surface area contributed by atoms with E-state index in [1.54, 1.807) is 0 Å². The molecule has 1 unspecified atom stereocenters. The van der Waals surface area contributed by atoms with Gasteiger partial charge in [-0.15, -0.1) is 0 Å². The molecule has 124 valence electrons. The third kappa shape index (κ3) is 3.61. The molecule has 0 aromatic heterocycles. The van der Waals surface area contributed by atoms with Gasteiger partial charge in [-0.3, -0.25) is 9.59 Å². The van der Waals surface area contributed by atoms with E-state index in [1.165, 1.54) is 11.8 Å². The first-order chi connectivity index (χ1) is 10.7. The van der Waals surface area contributed by atoms with Crippen LogP contribution in [0.15, 0.2) is 21.9 Å². The number of Topliss-reactive ketones (excluding diaryl/α,β-unsaturated/α-hetero) is 1. The second kappa shape index (κ2) is 6.40. The van der Waals surface area contributed by atoms with E-state index in [1.807, 2.05) is 13.8 Å². The van der Waals surface area contributed by atoms with Crippen molar-refractivity contribution in [1.82, 2.24) is 5.32 Å². The van der Waals surface area contributed by atoms with Crippen molar-refractivity contribution in [3.8, 4) is 6.07 Å². The zero-order valence-corrected chi connectivity index (χ0v) is 14.8. The molecule has 1 aliphatic heterocycles. The molecule has 0 saturated carbocycles. The van der Waals surface area contributed by atoms with Crippen LogP contribution < -0.4 is 11.1 Å². The first-order valence-corrected chi connectivity index (χ1v) is 8.73.